The molecule has 0 atom stereocenters. The molecule has 6 heteroatoms. The minimum absolute atomic E-state index is 0.302. The number of carbonyl (C=O) groups is 2. The van der Waals surface area contributed by atoms with Crippen LogP contribution < -0.4 is 5.32 Å². The second kappa shape index (κ2) is 6.72. The Hall–Kier alpha value is -1.85. The number of hydrogen-bond donors (Lipinski definition) is 1. The fourth-order valence-corrected chi connectivity index (χ4v) is 3.63. The first-order chi connectivity index (χ1) is 11.1. The maximum Gasteiger partial charge on any atom is 0.341 e. The summed E-state index contributed by atoms with van der Waals surface area (Å²) in [4.78, 5) is 24.7. The van der Waals surface area contributed by atoms with Gasteiger partial charge in [0.2, 0.25) is 0 Å². The minimum atomic E-state index is -0.384. The van der Waals surface area contributed by atoms with Crippen LogP contribution in [0.5, 0.6) is 0 Å². The summed E-state index contributed by atoms with van der Waals surface area (Å²) in [6.07, 6.45) is 2.14. The predicted octanol–water partition coefficient (Wildman–Crippen LogP) is 4.71. The number of thiophene rings is 1. The van der Waals surface area contributed by atoms with E-state index in [2.05, 4.69) is 5.32 Å². The van der Waals surface area contributed by atoms with Crippen LogP contribution in [0.4, 0.5) is 5.00 Å². The first-order valence-corrected chi connectivity index (χ1v) is 8.72. The maximum atomic E-state index is 12.4. The molecule has 0 saturated heterocycles. The number of benzene rings is 1. The third-order valence-electron chi connectivity index (χ3n) is 3.66. The maximum absolute atomic E-state index is 12.4. The van der Waals surface area contributed by atoms with E-state index in [4.69, 9.17) is 16.3 Å². The van der Waals surface area contributed by atoms with E-state index in [0.717, 1.165) is 18.4 Å². The Labute approximate surface area is 143 Å². The average molecular weight is 350 g/mol. The fraction of sp³-hybridized carbons (Fsp3) is 0.294. The Morgan fingerprint density at radius 3 is 2.74 bits per heavy atom. The molecule has 0 unspecified atom stereocenters. The normalized spacial score (nSPS) is 13.7. The largest absolute Gasteiger partial charge is 0.462 e. The Morgan fingerprint density at radius 1 is 1.35 bits per heavy atom. The highest BCUT2D eigenvalue weighted by atomic mass is 35.5. The number of nitrogens with one attached hydrogen (secondary N) is 1. The molecule has 0 radical (unpaired) electrons. The third kappa shape index (κ3) is 3.41. The van der Waals surface area contributed by atoms with Crippen molar-refractivity contribution in [2.75, 3.05) is 11.9 Å². The van der Waals surface area contributed by atoms with Crippen molar-refractivity contribution in [1.29, 1.82) is 0 Å². The number of hydrogen-bond acceptors (Lipinski definition) is 4. The number of carbonyl (C=O) groups excluding carboxylic acids is 2. The highest BCUT2D eigenvalue weighted by molar-refractivity contribution is 7.15. The van der Waals surface area contributed by atoms with Crippen molar-refractivity contribution in [1.82, 2.24) is 0 Å². The molecule has 120 valence electrons. The van der Waals surface area contributed by atoms with Gasteiger partial charge in [-0.05, 0) is 48.8 Å². The summed E-state index contributed by atoms with van der Waals surface area (Å²) in [7, 11) is 0. The first kappa shape index (κ1) is 16.0. The Bertz CT molecular complexity index is 752. The smallest absolute Gasteiger partial charge is 0.341 e. The second-order valence-electron chi connectivity index (χ2n) is 5.32. The van der Waals surface area contributed by atoms with Crippen LogP contribution in [-0.4, -0.2) is 18.5 Å². The lowest BCUT2D eigenvalue weighted by molar-refractivity contribution is 0.0527. The van der Waals surface area contributed by atoms with Gasteiger partial charge in [0.1, 0.15) is 5.00 Å². The molecule has 1 N–H and O–H groups in total. The van der Waals surface area contributed by atoms with Crippen molar-refractivity contribution in [3.05, 3.63) is 51.4 Å². The zero-order valence-electron chi connectivity index (χ0n) is 12.6. The predicted molar refractivity (Wildman–Crippen MR) is 91.7 cm³/mol. The van der Waals surface area contributed by atoms with Gasteiger partial charge in [0, 0.05) is 0 Å². The molecule has 1 amide bonds. The second-order valence-corrected chi connectivity index (χ2v) is 6.61. The van der Waals surface area contributed by atoms with Crippen molar-refractivity contribution in [2.24, 2.45) is 0 Å². The van der Waals surface area contributed by atoms with E-state index in [1.54, 1.807) is 31.2 Å². The molecule has 1 heterocycles. The molecule has 0 spiro atoms. The minimum Gasteiger partial charge on any atom is -0.462 e. The number of amides is 1. The van der Waals surface area contributed by atoms with Gasteiger partial charge in [-0.3, -0.25) is 4.79 Å². The molecule has 1 saturated carbocycles. The van der Waals surface area contributed by atoms with Crippen LogP contribution in [0, 0.1) is 0 Å². The van der Waals surface area contributed by atoms with Crippen molar-refractivity contribution in [3.8, 4) is 0 Å². The number of rotatable bonds is 5. The lowest BCUT2D eigenvalue weighted by Crippen LogP contribution is -2.15. The van der Waals surface area contributed by atoms with E-state index in [1.165, 1.54) is 11.3 Å². The highest BCUT2D eigenvalue weighted by Crippen LogP contribution is 2.46. The molecule has 0 aliphatic heterocycles. The van der Waals surface area contributed by atoms with Gasteiger partial charge in [0.05, 0.1) is 22.8 Å². The van der Waals surface area contributed by atoms with Crippen LogP contribution in [0.3, 0.4) is 0 Å². The van der Waals surface area contributed by atoms with Gasteiger partial charge in [-0.2, -0.15) is 0 Å². The zero-order valence-corrected chi connectivity index (χ0v) is 14.2. The van der Waals surface area contributed by atoms with E-state index >= 15 is 0 Å². The van der Waals surface area contributed by atoms with Crippen molar-refractivity contribution < 1.29 is 14.3 Å². The van der Waals surface area contributed by atoms with E-state index in [1.807, 2.05) is 5.38 Å². The van der Waals surface area contributed by atoms with E-state index in [0.29, 0.717) is 33.7 Å². The molecule has 1 aliphatic rings. The molecule has 1 aliphatic carbocycles. The lowest BCUT2D eigenvalue weighted by Gasteiger charge is -2.09. The number of anilines is 1. The van der Waals surface area contributed by atoms with Crippen molar-refractivity contribution in [2.45, 2.75) is 25.7 Å². The molecule has 2 aromatic rings. The number of esters is 1. The number of ether oxygens (including phenoxy) is 1. The Balaban J connectivity index is 1.89. The van der Waals surface area contributed by atoms with E-state index in [-0.39, 0.29) is 11.9 Å². The zero-order chi connectivity index (χ0) is 16.4. The monoisotopic (exact) mass is 349 g/mol. The van der Waals surface area contributed by atoms with Crippen LogP contribution in [0.1, 0.15) is 52.0 Å². The van der Waals surface area contributed by atoms with E-state index < -0.39 is 0 Å². The van der Waals surface area contributed by atoms with Gasteiger partial charge in [-0.1, -0.05) is 23.7 Å². The molecule has 4 nitrogen and oxygen atoms in total. The molecule has 23 heavy (non-hydrogen) atoms. The summed E-state index contributed by atoms with van der Waals surface area (Å²) in [5, 5.41) is 5.64. The molecule has 3 rings (SSSR count). The van der Waals surface area contributed by atoms with Gasteiger partial charge in [-0.15, -0.1) is 11.3 Å². The van der Waals surface area contributed by atoms with Crippen molar-refractivity contribution in [3.63, 3.8) is 0 Å². The summed E-state index contributed by atoms with van der Waals surface area (Å²) in [6, 6.07) is 6.82. The quantitative estimate of drug-likeness (QED) is 0.795. The van der Waals surface area contributed by atoms with Gasteiger partial charge in [-0.25, -0.2) is 4.79 Å². The lowest BCUT2D eigenvalue weighted by atomic mass is 10.1. The highest BCUT2D eigenvalue weighted by Gasteiger charge is 2.32. The first-order valence-electron chi connectivity index (χ1n) is 7.46. The van der Waals surface area contributed by atoms with Crippen LogP contribution in [-0.2, 0) is 4.74 Å². The summed E-state index contributed by atoms with van der Waals surface area (Å²) >= 11 is 7.41. The Kier molecular flexibility index (Phi) is 4.68. The molecular formula is C17H16ClNO3S. The molecule has 1 aromatic carbocycles. The van der Waals surface area contributed by atoms with Crippen LogP contribution in [0.2, 0.25) is 5.02 Å². The summed E-state index contributed by atoms with van der Waals surface area (Å²) < 4.78 is 5.15. The molecule has 1 aromatic heterocycles. The van der Waals surface area contributed by atoms with Crippen LogP contribution in [0.25, 0.3) is 0 Å². The fourth-order valence-electron chi connectivity index (χ4n) is 2.39. The van der Waals surface area contributed by atoms with E-state index in [9.17, 15) is 9.59 Å². The third-order valence-corrected chi connectivity index (χ3v) is 4.91. The summed E-state index contributed by atoms with van der Waals surface area (Å²) in [6.45, 7) is 2.07. The summed E-state index contributed by atoms with van der Waals surface area (Å²) in [5.41, 5.74) is 1.84. The average Bonchev–Trinajstić information content (AvgIpc) is 3.29. The summed E-state index contributed by atoms with van der Waals surface area (Å²) in [5.74, 6) is -0.313. The standard InChI is InChI=1S/C17H16ClNO3S/c1-2-22-17(21)14-12(10-7-8-10)9-23-16(14)19-15(20)11-5-3-4-6-13(11)18/h3-6,9-10H,2,7-8H2,1H3,(H,19,20). The molecular weight excluding hydrogens is 334 g/mol. The van der Waals surface area contributed by atoms with Crippen molar-refractivity contribution >= 4 is 39.8 Å². The van der Waals surface area contributed by atoms with Gasteiger partial charge < -0.3 is 10.1 Å². The number of halogens is 1. The topological polar surface area (TPSA) is 55.4 Å². The van der Waals surface area contributed by atoms with Gasteiger partial charge in [0.25, 0.3) is 5.91 Å². The SMILES string of the molecule is CCOC(=O)c1c(C2CC2)csc1NC(=O)c1ccccc1Cl. The Morgan fingerprint density at radius 2 is 2.09 bits per heavy atom. The van der Waals surface area contributed by atoms with Crippen LogP contribution in [0.15, 0.2) is 29.6 Å². The van der Waals surface area contributed by atoms with Gasteiger partial charge in [0.15, 0.2) is 0 Å². The molecule has 1 fully saturated rings. The van der Waals surface area contributed by atoms with Crippen LogP contribution >= 0.6 is 22.9 Å². The van der Waals surface area contributed by atoms with Gasteiger partial charge >= 0.3 is 5.97 Å². The molecule has 0 bridgehead atoms.